The number of nitro benzene ring substituents is 1. The molecule has 0 saturated heterocycles. The number of aromatic hydroxyl groups is 1. The third-order valence-corrected chi connectivity index (χ3v) is 3.18. The van der Waals surface area contributed by atoms with Gasteiger partial charge in [-0.1, -0.05) is 24.3 Å². The molecule has 3 rings (SSSR count). The molecule has 0 fully saturated rings. The van der Waals surface area contributed by atoms with Crippen molar-refractivity contribution in [1.82, 2.24) is 0 Å². The third kappa shape index (κ3) is 3.26. The summed E-state index contributed by atoms with van der Waals surface area (Å²) >= 11 is 0. The Morgan fingerprint density at radius 1 is 1.09 bits per heavy atom. The van der Waals surface area contributed by atoms with Crippen molar-refractivity contribution in [3.63, 3.8) is 0 Å². The van der Waals surface area contributed by atoms with E-state index in [0.29, 0.717) is 22.8 Å². The second kappa shape index (κ2) is 6.15. The van der Waals surface area contributed by atoms with E-state index in [-0.39, 0.29) is 11.4 Å². The second-order valence-electron chi connectivity index (χ2n) is 4.76. The Morgan fingerprint density at radius 2 is 1.91 bits per heavy atom. The molecule has 1 N–H and O–H groups in total. The summed E-state index contributed by atoms with van der Waals surface area (Å²) in [6.45, 7) is 0. The maximum absolute atomic E-state index is 10.8. The summed E-state index contributed by atoms with van der Waals surface area (Å²) < 4.78 is 5.61. The molecule has 0 atom stereocenters. The van der Waals surface area contributed by atoms with Gasteiger partial charge in [0, 0.05) is 17.7 Å². The van der Waals surface area contributed by atoms with Gasteiger partial charge < -0.3 is 9.52 Å². The van der Waals surface area contributed by atoms with Gasteiger partial charge in [-0.05, 0) is 24.3 Å². The van der Waals surface area contributed by atoms with E-state index < -0.39 is 4.92 Å². The van der Waals surface area contributed by atoms with E-state index in [9.17, 15) is 15.2 Å². The average molecular weight is 308 g/mol. The van der Waals surface area contributed by atoms with Crippen molar-refractivity contribution < 1.29 is 14.4 Å². The highest BCUT2D eigenvalue weighted by Gasteiger charge is 2.09. The summed E-state index contributed by atoms with van der Waals surface area (Å²) in [6.07, 6.45) is 1.48. The van der Waals surface area contributed by atoms with Crippen LogP contribution in [0.4, 0.5) is 11.4 Å². The Kier molecular flexibility index (Phi) is 3.88. The fraction of sp³-hybridized carbons (Fsp3) is 0. The highest BCUT2D eigenvalue weighted by Crippen LogP contribution is 2.27. The Balaban J connectivity index is 1.85. The molecule has 6 nitrogen and oxygen atoms in total. The minimum atomic E-state index is -0.451. The average Bonchev–Trinajstić information content (AvgIpc) is 3.03. The molecule has 0 aliphatic carbocycles. The first kappa shape index (κ1) is 14.5. The van der Waals surface area contributed by atoms with Crippen LogP contribution in [0, 0.1) is 10.1 Å². The molecule has 3 aromatic rings. The number of non-ortho nitro benzene ring substituents is 1. The molecule has 114 valence electrons. The zero-order chi connectivity index (χ0) is 16.2. The summed E-state index contributed by atoms with van der Waals surface area (Å²) in [5.41, 5.74) is 1.05. The molecule has 6 heteroatoms. The van der Waals surface area contributed by atoms with Gasteiger partial charge in [-0.25, -0.2) is 4.99 Å². The number of hydrogen-bond acceptors (Lipinski definition) is 5. The van der Waals surface area contributed by atoms with Crippen LogP contribution in [0.25, 0.3) is 11.3 Å². The Hall–Kier alpha value is -3.41. The lowest BCUT2D eigenvalue weighted by Gasteiger charge is -1.97. The molecule has 23 heavy (non-hydrogen) atoms. The first-order chi connectivity index (χ1) is 11.1. The lowest BCUT2D eigenvalue weighted by Crippen LogP contribution is -1.87. The van der Waals surface area contributed by atoms with E-state index >= 15 is 0 Å². The van der Waals surface area contributed by atoms with Crippen molar-refractivity contribution >= 4 is 17.6 Å². The molecular formula is C17H12N2O4. The number of furan rings is 1. The molecule has 0 amide bonds. The summed E-state index contributed by atoms with van der Waals surface area (Å²) in [7, 11) is 0. The molecule has 0 saturated carbocycles. The van der Waals surface area contributed by atoms with E-state index in [1.807, 2.05) is 0 Å². The number of nitrogens with zero attached hydrogens (tertiary/aromatic N) is 2. The van der Waals surface area contributed by atoms with Crippen LogP contribution in [0.2, 0.25) is 0 Å². The molecule has 2 aromatic carbocycles. The minimum Gasteiger partial charge on any atom is -0.506 e. The number of benzene rings is 2. The molecule has 0 unspecified atom stereocenters. The lowest BCUT2D eigenvalue weighted by atomic mass is 10.1. The van der Waals surface area contributed by atoms with Gasteiger partial charge in [0.1, 0.15) is 23.0 Å². The van der Waals surface area contributed by atoms with Gasteiger partial charge in [0.25, 0.3) is 5.69 Å². The van der Waals surface area contributed by atoms with Crippen LogP contribution in [0.3, 0.4) is 0 Å². The Morgan fingerprint density at radius 3 is 2.70 bits per heavy atom. The normalized spacial score (nSPS) is 11.0. The SMILES string of the molecule is O=[N+]([O-])c1cccc(-c2ccc(C=Nc3ccccc3O)o2)c1. The van der Waals surface area contributed by atoms with E-state index in [1.54, 1.807) is 48.5 Å². The summed E-state index contributed by atoms with van der Waals surface area (Å²) in [5, 5.41) is 20.5. The number of hydrogen-bond donors (Lipinski definition) is 1. The quantitative estimate of drug-likeness (QED) is 0.442. The van der Waals surface area contributed by atoms with Crippen molar-refractivity contribution in [3.8, 4) is 17.1 Å². The minimum absolute atomic E-state index is 0.00308. The zero-order valence-electron chi connectivity index (χ0n) is 11.9. The van der Waals surface area contributed by atoms with Crippen LogP contribution < -0.4 is 0 Å². The van der Waals surface area contributed by atoms with Crippen LogP contribution in [0.5, 0.6) is 5.75 Å². The first-order valence-electron chi connectivity index (χ1n) is 6.80. The monoisotopic (exact) mass is 308 g/mol. The van der Waals surface area contributed by atoms with Gasteiger partial charge in [-0.3, -0.25) is 10.1 Å². The maximum atomic E-state index is 10.8. The maximum Gasteiger partial charge on any atom is 0.270 e. The van der Waals surface area contributed by atoms with E-state index in [4.69, 9.17) is 4.42 Å². The number of nitro groups is 1. The molecule has 1 aromatic heterocycles. The topological polar surface area (TPSA) is 88.9 Å². The third-order valence-electron chi connectivity index (χ3n) is 3.18. The van der Waals surface area contributed by atoms with Gasteiger partial charge in [0.05, 0.1) is 11.1 Å². The molecule has 0 bridgehead atoms. The number of aliphatic imine (C=N–C) groups is 1. The largest absolute Gasteiger partial charge is 0.506 e. The van der Waals surface area contributed by atoms with Crippen LogP contribution in [-0.2, 0) is 0 Å². The fourth-order valence-electron chi connectivity index (χ4n) is 2.06. The zero-order valence-corrected chi connectivity index (χ0v) is 11.9. The number of phenols is 1. The molecular weight excluding hydrogens is 296 g/mol. The predicted molar refractivity (Wildman–Crippen MR) is 86.2 cm³/mol. The summed E-state index contributed by atoms with van der Waals surface area (Å²) in [5.74, 6) is 1.07. The molecule has 0 spiro atoms. The van der Waals surface area contributed by atoms with Crippen LogP contribution in [0.15, 0.2) is 70.1 Å². The number of phenolic OH excluding ortho intramolecular Hbond substituents is 1. The molecule has 0 radical (unpaired) electrons. The summed E-state index contributed by atoms with van der Waals surface area (Å²) in [4.78, 5) is 14.5. The molecule has 1 heterocycles. The van der Waals surface area contributed by atoms with Crippen molar-refractivity contribution in [2.45, 2.75) is 0 Å². The van der Waals surface area contributed by atoms with Crippen molar-refractivity contribution in [3.05, 3.63) is 76.5 Å². The van der Waals surface area contributed by atoms with Crippen molar-refractivity contribution in [1.29, 1.82) is 0 Å². The molecule has 0 aliphatic heterocycles. The summed E-state index contributed by atoms with van der Waals surface area (Å²) in [6, 6.07) is 16.3. The van der Waals surface area contributed by atoms with E-state index in [1.165, 1.54) is 18.3 Å². The Labute approximate surface area is 131 Å². The second-order valence-corrected chi connectivity index (χ2v) is 4.76. The predicted octanol–water partition coefficient (Wildman–Crippen LogP) is 4.31. The van der Waals surface area contributed by atoms with Gasteiger partial charge >= 0.3 is 0 Å². The van der Waals surface area contributed by atoms with Gasteiger partial charge in [0.15, 0.2) is 0 Å². The smallest absolute Gasteiger partial charge is 0.270 e. The highest BCUT2D eigenvalue weighted by molar-refractivity contribution is 5.80. The van der Waals surface area contributed by atoms with Crippen LogP contribution in [0.1, 0.15) is 5.76 Å². The van der Waals surface area contributed by atoms with E-state index in [2.05, 4.69) is 4.99 Å². The Bertz CT molecular complexity index is 884. The number of rotatable bonds is 4. The van der Waals surface area contributed by atoms with Gasteiger partial charge in [-0.15, -0.1) is 0 Å². The van der Waals surface area contributed by atoms with Crippen molar-refractivity contribution in [2.75, 3.05) is 0 Å². The number of para-hydroxylation sites is 2. The standard InChI is InChI=1S/C17H12N2O4/c20-16-7-2-1-6-15(16)18-11-14-8-9-17(23-14)12-4-3-5-13(10-12)19(21)22/h1-11,20H. The lowest BCUT2D eigenvalue weighted by molar-refractivity contribution is -0.384. The molecule has 0 aliphatic rings. The van der Waals surface area contributed by atoms with Crippen molar-refractivity contribution in [2.24, 2.45) is 4.99 Å². The van der Waals surface area contributed by atoms with Crippen LogP contribution in [-0.4, -0.2) is 16.2 Å². The fourth-order valence-corrected chi connectivity index (χ4v) is 2.06. The highest BCUT2D eigenvalue weighted by atomic mass is 16.6. The van der Waals surface area contributed by atoms with E-state index in [0.717, 1.165) is 0 Å². The first-order valence-corrected chi connectivity index (χ1v) is 6.80. The van der Waals surface area contributed by atoms with Gasteiger partial charge in [-0.2, -0.15) is 0 Å². The van der Waals surface area contributed by atoms with Crippen LogP contribution >= 0.6 is 0 Å². The van der Waals surface area contributed by atoms with Gasteiger partial charge in [0.2, 0.25) is 0 Å².